The molecule has 3 rings (SSSR count). The SMILES string of the molecule is CC(C)P(C(C)C)C(C)C.Cc1cc(C)c(-c2cccc(-c3c(C)cc(C)cc3C)c2[S-])c(C)c1.[Cl][Ru+]. The van der Waals surface area contributed by atoms with Crippen molar-refractivity contribution in [1.29, 1.82) is 0 Å². The summed E-state index contributed by atoms with van der Waals surface area (Å²) in [6.07, 6.45) is 0. The van der Waals surface area contributed by atoms with Crippen LogP contribution < -0.4 is 0 Å². The third-order valence-electron chi connectivity index (χ3n) is 6.70. The van der Waals surface area contributed by atoms with E-state index in [1.165, 1.54) is 55.6 Å². The van der Waals surface area contributed by atoms with Crippen molar-refractivity contribution >= 4 is 30.2 Å². The van der Waals surface area contributed by atoms with Gasteiger partial charge in [-0.1, -0.05) is 103 Å². The number of benzene rings is 3. The molecule has 0 aromatic heterocycles. The number of halogens is 1. The van der Waals surface area contributed by atoms with E-state index in [4.69, 9.17) is 12.6 Å². The fourth-order valence-electron chi connectivity index (χ4n) is 5.93. The Hall–Kier alpha value is -0.777. The molecule has 0 unspecified atom stereocenters. The molecule has 0 aliphatic heterocycles. The first-order valence-electron chi connectivity index (χ1n) is 13.1. The van der Waals surface area contributed by atoms with Crippen LogP contribution in [-0.4, -0.2) is 17.0 Å². The second-order valence-corrected chi connectivity index (χ2v) is 15.4. The Morgan fingerprint density at radius 3 is 1.08 bits per heavy atom. The van der Waals surface area contributed by atoms with Gasteiger partial charge in [0.05, 0.1) is 0 Å². The van der Waals surface area contributed by atoms with Gasteiger partial charge in [0.1, 0.15) is 0 Å². The number of aryl methyl sites for hydroxylation is 6. The Labute approximate surface area is 249 Å². The van der Waals surface area contributed by atoms with E-state index < -0.39 is 0 Å². The predicted octanol–water partition coefficient (Wildman–Crippen LogP) is 11.2. The van der Waals surface area contributed by atoms with Crippen LogP contribution in [0.15, 0.2) is 47.4 Å². The van der Waals surface area contributed by atoms with E-state index in [2.05, 4.69) is 135 Å². The minimum absolute atomic E-state index is 0.262. The van der Waals surface area contributed by atoms with Crippen molar-refractivity contribution in [1.82, 2.24) is 0 Å². The van der Waals surface area contributed by atoms with Gasteiger partial charge in [0.25, 0.3) is 0 Å². The molecule has 0 nitrogen and oxygen atoms in total. The van der Waals surface area contributed by atoms with Crippen molar-refractivity contribution in [3.63, 3.8) is 0 Å². The monoisotopic (exact) mass is 642 g/mol. The van der Waals surface area contributed by atoms with E-state index in [1.54, 1.807) is 0 Å². The van der Waals surface area contributed by atoms with Crippen LogP contribution in [-0.2, 0) is 29.9 Å². The van der Waals surface area contributed by atoms with E-state index in [0.29, 0.717) is 0 Å². The second-order valence-electron chi connectivity index (χ2n) is 11.0. The molecule has 0 spiro atoms. The zero-order chi connectivity index (χ0) is 28.6. The Balaban J connectivity index is 0.000000483. The molecule has 0 N–H and O–H groups in total. The summed E-state index contributed by atoms with van der Waals surface area (Å²) in [6.45, 7) is 27.1. The summed E-state index contributed by atoms with van der Waals surface area (Å²) in [6, 6.07) is 15.4. The van der Waals surface area contributed by atoms with Gasteiger partial charge in [0.15, 0.2) is 0 Å². The molecule has 4 heteroatoms. The fraction of sp³-hybridized carbons (Fsp3) is 0.455. The van der Waals surface area contributed by atoms with Gasteiger partial charge in [-0.15, -0.1) is 0 Å². The van der Waals surface area contributed by atoms with Crippen molar-refractivity contribution < 1.29 is 17.3 Å². The average Bonchev–Trinajstić information content (AvgIpc) is 2.75. The van der Waals surface area contributed by atoms with Crippen LogP contribution in [0.1, 0.15) is 74.9 Å². The Morgan fingerprint density at radius 2 is 0.865 bits per heavy atom. The normalized spacial score (nSPS) is 11.0. The van der Waals surface area contributed by atoms with E-state index in [1.807, 2.05) is 17.3 Å². The van der Waals surface area contributed by atoms with Gasteiger partial charge < -0.3 is 12.6 Å². The molecule has 0 radical (unpaired) electrons. The summed E-state index contributed by atoms with van der Waals surface area (Å²) in [4.78, 5) is 0.951. The van der Waals surface area contributed by atoms with Gasteiger partial charge in [-0.3, -0.25) is 0 Å². The standard InChI is InChI=1S/C24H26S.C9H21P.ClH.Ru/c1-14-10-16(3)22(17(4)11-14)20-8-7-9-21(24(20)25)23-18(5)12-15(2)13-19(23)6;1-7(2)10(8(3)4)9(5)6;;/h7-13,25H,1-6H3;7-9H,1-6H3;1H;/q;;;+2/p-2. The van der Waals surface area contributed by atoms with Crippen molar-refractivity contribution in [2.45, 2.75) is 105 Å². The molecule has 0 heterocycles. The van der Waals surface area contributed by atoms with Crippen LogP contribution >= 0.6 is 17.6 Å². The topological polar surface area (TPSA) is 0 Å². The van der Waals surface area contributed by atoms with Crippen molar-refractivity contribution in [2.75, 3.05) is 0 Å². The van der Waals surface area contributed by atoms with Crippen molar-refractivity contribution in [2.24, 2.45) is 0 Å². The van der Waals surface area contributed by atoms with E-state index in [-0.39, 0.29) is 7.92 Å². The van der Waals surface area contributed by atoms with Gasteiger partial charge in [0.2, 0.25) is 0 Å². The summed E-state index contributed by atoms with van der Waals surface area (Å²) in [7, 11) is 4.83. The summed E-state index contributed by atoms with van der Waals surface area (Å²) in [5.41, 5.74) is 15.3. The first-order valence-corrected chi connectivity index (χ1v) is 17.3. The van der Waals surface area contributed by atoms with Crippen LogP contribution in [0.2, 0.25) is 0 Å². The summed E-state index contributed by atoms with van der Waals surface area (Å²) >= 11 is 7.78. The zero-order valence-electron chi connectivity index (χ0n) is 24.9. The quantitative estimate of drug-likeness (QED) is 0.152. The predicted molar refractivity (Wildman–Crippen MR) is 170 cm³/mol. The molecule has 0 amide bonds. The van der Waals surface area contributed by atoms with Gasteiger partial charge >= 0.3 is 27.0 Å². The Morgan fingerprint density at radius 1 is 0.595 bits per heavy atom. The molecular weight excluding hydrogens is 596 g/mol. The number of hydrogen-bond donors (Lipinski definition) is 0. The summed E-state index contributed by atoms with van der Waals surface area (Å²) in [5.74, 6) is 0. The van der Waals surface area contributed by atoms with E-state index in [0.717, 1.165) is 21.9 Å². The van der Waals surface area contributed by atoms with Gasteiger partial charge in [0, 0.05) is 0 Å². The van der Waals surface area contributed by atoms with Crippen LogP contribution in [0.4, 0.5) is 0 Å². The fourth-order valence-corrected chi connectivity index (χ4v) is 9.85. The van der Waals surface area contributed by atoms with E-state index >= 15 is 0 Å². The first kappa shape index (κ1) is 34.3. The molecule has 0 saturated heterocycles. The van der Waals surface area contributed by atoms with Crippen LogP contribution in [0.3, 0.4) is 0 Å². The van der Waals surface area contributed by atoms with E-state index in [9.17, 15) is 0 Å². The molecule has 0 atom stereocenters. The molecule has 204 valence electrons. The maximum atomic E-state index is 5.96. The van der Waals surface area contributed by atoms with Gasteiger partial charge in [-0.2, -0.15) is 4.90 Å². The number of hydrogen-bond acceptors (Lipinski definition) is 1. The van der Waals surface area contributed by atoms with Crippen LogP contribution in [0, 0.1) is 41.5 Å². The summed E-state index contributed by atoms with van der Waals surface area (Å²) in [5, 5.41) is 0. The molecule has 37 heavy (non-hydrogen) atoms. The van der Waals surface area contributed by atoms with Crippen LogP contribution in [0.25, 0.3) is 22.3 Å². The molecule has 0 fully saturated rings. The maximum absolute atomic E-state index is 5.96. The molecule has 0 aliphatic rings. The van der Waals surface area contributed by atoms with Gasteiger partial charge in [-0.05, 0) is 103 Å². The van der Waals surface area contributed by atoms with Crippen molar-refractivity contribution in [3.05, 3.63) is 75.8 Å². The Kier molecular flexibility index (Phi) is 14.6. The molecule has 0 aliphatic carbocycles. The molecule has 3 aromatic rings. The van der Waals surface area contributed by atoms with Gasteiger partial charge in [-0.25, -0.2) is 0 Å². The molecule has 0 saturated carbocycles. The zero-order valence-corrected chi connectivity index (χ0v) is 29.1. The second kappa shape index (κ2) is 15.7. The molecule has 0 bridgehead atoms. The molecule has 3 aromatic carbocycles. The first-order chi connectivity index (χ1) is 17.3. The van der Waals surface area contributed by atoms with Crippen molar-refractivity contribution in [3.8, 4) is 22.3 Å². The number of rotatable bonds is 5. The third-order valence-corrected chi connectivity index (χ3v) is 10.7. The van der Waals surface area contributed by atoms with Crippen LogP contribution in [0.5, 0.6) is 0 Å². The third kappa shape index (κ3) is 9.14. The molecular formula is C33H46ClPRuS. The summed E-state index contributed by atoms with van der Waals surface area (Å²) < 4.78 is 0. The Bertz CT molecular complexity index is 1030. The minimum atomic E-state index is 0.262. The average molecular weight is 642 g/mol.